The number of nitro benzene ring substituents is 1. The van der Waals surface area contributed by atoms with Gasteiger partial charge in [-0.3, -0.25) is 19.7 Å². The molecule has 142 valence electrons. The van der Waals surface area contributed by atoms with Gasteiger partial charge in [0.15, 0.2) is 12.4 Å². The van der Waals surface area contributed by atoms with Crippen molar-refractivity contribution in [1.29, 1.82) is 0 Å². The number of nitro groups is 1. The van der Waals surface area contributed by atoms with Gasteiger partial charge in [-0.2, -0.15) is 0 Å². The molecule has 0 aliphatic rings. The molecule has 0 unspecified atom stereocenters. The third kappa shape index (κ3) is 7.02. The molecule has 1 heterocycles. The molecule has 0 radical (unpaired) electrons. The van der Waals surface area contributed by atoms with Crippen LogP contribution in [0.5, 0.6) is 5.75 Å². The Morgan fingerprint density at radius 3 is 2.67 bits per heavy atom. The smallest absolute Gasteiger partial charge is 0.310 e. The Bertz CT molecular complexity index is 801. The Morgan fingerprint density at radius 1 is 1.15 bits per heavy atom. The van der Waals surface area contributed by atoms with E-state index in [4.69, 9.17) is 9.15 Å². The highest BCUT2D eigenvalue weighted by molar-refractivity contribution is 5.91. The number of ether oxygens (including phenoxy) is 1. The maximum absolute atomic E-state index is 11.7. The fourth-order valence-corrected chi connectivity index (χ4v) is 2.06. The van der Waals surface area contributed by atoms with Crippen molar-refractivity contribution in [2.45, 2.75) is 6.42 Å². The van der Waals surface area contributed by atoms with Crippen LogP contribution >= 0.6 is 0 Å². The van der Waals surface area contributed by atoms with Gasteiger partial charge in [-0.15, -0.1) is 0 Å². The quantitative estimate of drug-likeness (QED) is 0.284. The minimum absolute atomic E-state index is 0.0354. The van der Waals surface area contributed by atoms with Crippen LogP contribution in [0.1, 0.15) is 12.2 Å². The fraction of sp³-hybridized carbons (Fsp3) is 0.222. The second-order valence-electron chi connectivity index (χ2n) is 5.36. The van der Waals surface area contributed by atoms with Crippen LogP contribution in [0.4, 0.5) is 5.69 Å². The summed E-state index contributed by atoms with van der Waals surface area (Å²) in [4.78, 5) is 33.6. The first-order valence-corrected chi connectivity index (χ1v) is 8.18. The summed E-state index contributed by atoms with van der Waals surface area (Å²) >= 11 is 0. The number of benzene rings is 1. The van der Waals surface area contributed by atoms with E-state index in [0.29, 0.717) is 25.3 Å². The van der Waals surface area contributed by atoms with Gasteiger partial charge in [0.1, 0.15) is 5.76 Å². The van der Waals surface area contributed by atoms with Crippen molar-refractivity contribution < 1.29 is 23.7 Å². The normalized spacial score (nSPS) is 10.5. The van der Waals surface area contributed by atoms with E-state index in [0.717, 1.165) is 0 Å². The molecular weight excluding hydrogens is 354 g/mol. The molecule has 2 amide bonds. The van der Waals surface area contributed by atoms with Gasteiger partial charge in [0.2, 0.25) is 5.91 Å². The first-order valence-electron chi connectivity index (χ1n) is 8.18. The number of carbonyl (C=O) groups is 2. The van der Waals surface area contributed by atoms with Gasteiger partial charge in [-0.1, -0.05) is 12.1 Å². The van der Waals surface area contributed by atoms with Gasteiger partial charge in [0.25, 0.3) is 5.91 Å². The Kier molecular flexibility index (Phi) is 7.58. The number of amides is 2. The lowest BCUT2D eigenvalue weighted by Crippen LogP contribution is -2.32. The summed E-state index contributed by atoms with van der Waals surface area (Å²) in [6, 6.07) is 9.28. The van der Waals surface area contributed by atoms with Crippen LogP contribution in [0.3, 0.4) is 0 Å². The standard InChI is InChI=1S/C18H19N3O6/c22-17(9-8-14-5-3-12-26-14)19-10-4-11-20-18(23)13-27-16-7-2-1-6-15(16)21(24)25/h1-3,5-9,12H,4,10-11,13H2,(H,19,22)(H,20,23). The number of para-hydroxylation sites is 2. The molecule has 0 atom stereocenters. The predicted octanol–water partition coefficient (Wildman–Crippen LogP) is 1.90. The minimum atomic E-state index is -0.573. The van der Waals surface area contributed by atoms with E-state index in [1.165, 1.54) is 30.5 Å². The molecule has 9 heteroatoms. The van der Waals surface area contributed by atoms with Gasteiger partial charge < -0.3 is 19.8 Å². The van der Waals surface area contributed by atoms with Crippen molar-refractivity contribution in [3.63, 3.8) is 0 Å². The second-order valence-corrected chi connectivity index (χ2v) is 5.36. The molecule has 1 aromatic heterocycles. The lowest BCUT2D eigenvalue weighted by atomic mass is 10.3. The van der Waals surface area contributed by atoms with Gasteiger partial charge in [-0.05, 0) is 30.7 Å². The van der Waals surface area contributed by atoms with E-state index in [1.807, 2.05) is 0 Å². The van der Waals surface area contributed by atoms with Crippen molar-refractivity contribution in [2.24, 2.45) is 0 Å². The first kappa shape index (κ1) is 19.7. The lowest BCUT2D eigenvalue weighted by Gasteiger charge is -2.08. The van der Waals surface area contributed by atoms with Crippen molar-refractivity contribution in [2.75, 3.05) is 19.7 Å². The molecule has 0 saturated carbocycles. The number of carbonyl (C=O) groups excluding carboxylic acids is 2. The molecule has 0 saturated heterocycles. The van der Waals surface area contributed by atoms with Crippen molar-refractivity contribution in [3.05, 3.63) is 64.6 Å². The number of furan rings is 1. The summed E-state index contributed by atoms with van der Waals surface area (Å²) in [6.45, 7) is 0.386. The highest BCUT2D eigenvalue weighted by Gasteiger charge is 2.14. The average molecular weight is 373 g/mol. The number of hydrogen-bond donors (Lipinski definition) is 2. The first-order chi connectivity index (χ1) is 13.1. The molecular formula is C18H19N3O6. The molecule has 27 heavy (non-hydrogen) atoms. The van der Waals surface area contributed by atoms with E-state index < -0.39 is 10.8 Å². The number of rotatable bonds is 10. The monoisotopic (exact) mass is 373 g/mol. The van der Waals surface area contributed by atoms with Crippen LogP contribution < -0.4 is 15.4 Å². The van der Waals surface area contributed by atoms with Crippen LogP contribution in [-0.4, -0.2) is 36.4 Å². The van der Waals surface area contributed by atoms with Crippen molar-refractivity contribution in [3.8, 4) is 5.75 Å². The zero-order chi connectivity index (χ0) is 19.5. The number of nitrogens with one attached hydrogen (secondary N) is 2. The minimum Gasteiger partial charge on any atom is -0.477 e. The molecule has 2 N–H and O–H groups in total. The number of hydrogen-bond acceptors (Lipinski definition) is 6. The second kappa shape index (κ2) is 10.4. The Hall–Kier alpha value is -3.62. The average Bonchev–Trinajstić information content (AvgIpc) is 3.18. The Balaban J connectivity index is 1.60. The molecule has 2 aromatic rings. The van der Waals surface area contributed by atoms with E-state index in [9.17, 15) is 19.7 Å². The topological polar surface area (TPSA) is 124 Å². The highest BCUT2D eigenvalue weighted by Crippen LogP contribution is 2.25. The summed E-state index contributed by atoms with van der Waals surface area (Å²) in [5, 5.41) is 16.1. The van der Waals surface area contributed by atoms with Crippen LogP contribution in [0, 0.1) is 10.1 Å². The fourth-order valence-electron chi connectivity index (χ4n) is 2.06. The van der Waals surface area contributed by atoms with Crippen LogP contribution in [0.15, 0.2) is 53.2 Å². The van der Waals surface area contributed by atoms with Crippen molar-refractivity contribution >= 4 is 23.6 Å². The Labute approximate surface area is 155 Å². The van der Waals surface area contributed by atoms with Crippen LogP contribution in [0.2, 0.25) is 0 Å². The molecule has 1 aromatic carbocycles. The SMILES string of the molecule is O=C(C=Cc1ccco1)NCCCNC(=O)COc1ccccc1[N+](=O)[O-]. The van der Waals surface area contributed by atoms with Crippen LogP contribution in [0.25, 0.3) is 6.08 Å². The zero-order valence-corrected chi connectivity index (χ0v) is 14.4. The van der Waals surface area contributed by atoms with E-state index in [1.54, 1.807) is 24.3 Å². The third-order valence-electron chi connectivity index (χ3n) is 3.34. The van der Waals surface area contributed by atoms with Crippen molar-refractivity contribution in [1.82, 2.24) is 10.6 Å². The summed E-state index contributed by atoms with van der Waals surface area (Å²) < 4.78 is 10.2. The highest BCUT2D eigenvalue weighted by atomic mass is 16.6. The summed E-state index contributed by atoms with van der Waals surface area (Å²) in [5.74, 6) is -0.0565. The molecule has 0 bridgehead atoms. The summed E-state index contributed by atoms with van der Waals surface area (Å²) in [7, 11) is 0. The van der Waals surface area contributed by atoms with Gasteiger partial charge in [-0.25, -0.2) is 0 Å². The van der Waals surface area contributed by atoms with Gasteiger partial charge in [0, 0.05) is 25.2 Å². The molecule has 0 aliphatic heterocycles. The van der Waals surface area contributed by atoms with Gasteiger partial charge >= 0.3 is 5.69 Å². The van der Waals surface area contributed by atoms with Gasteiger partial charge in [0.05, 0.1) is 11.2 Å². The molecule has 2 rings (SSSR count). The largest absolute Gasteiger partial charge is 0.477 e. The third-order valence-corrected chi connectivity index (χ3v) is 3.34. The van der Waals surface area contributed by atoms with E-state index >= 15 is 0 Å². The predicted molar refractivity (Wildman–Crippen MR) is 97.0 cm³/mol. The molecule has 0 fully saturated rings. The zero-order valence-electron chi connectivity index (χ0n) is 14.4. The lowest BCUT2D eigenvalue weighted by molar-refractivity contribution is -0.385. The maximum atomic E-state index is 11.7. The van der Waals surface area contributed by atoms with Crippen LogP contribution in [-0.2, 0) is 9.59 Å². The molecule has 9 nitrogen and oxygen atoms in total. The van der Waals surface area contributed by atoms with E-state index in [-0.39, 0.29) is 24.0 Å². The van der Waals surface area contributed by atoms with E-state index in [2.05, 4.69) is 10.6 Å². The summed E-state index contributed by atoms with van der Waals surface area (Å²) in [6.07, 6.45) is 4.95. The Morgan fingerprint density at radius 2 is 1.93 bits per heavy atom. The number of nitrogens with zero attached hydrogens (tertiary/aromatic N) is 1. The summed E-state index contributed by atoms with van der Waals surface area (Å²) in [5.41, 5.74) is -0.199. The molecule has 0 aliphatic carbocycles. The molecule has 0 spiro atoms. The maximum Gasteiger partial charge on any atom is 0.310 e.